The molecule has 1 aromatic rings. The predicted octanol–water partition coefficient (Wildman–Crippen LogP) is 3.57. The molecule has 0 fully saturated rings. The Kier molecular flexibility index (Phi) is 3.74. The van der Waals surface area contributed by atoms with Crippen molar-refractivity contribution in [1.82, 2.24) is 0 Å². The number of rotatable bonds is 3. The molecular formula is C11H17NO2S. The maximum Gasteiger partial charge on any atom is 0.412 e. The topological polar surface area (TPSA) is 40.5 Å². The molecule has 0 spiro atoms. The van der Waals surface area contributed by atoms with Crippen molar-refractivity contribution in [2.24, 2.45) is 0 Å². The highest BCUT2D eigenvalue weighted by Gasteiger charge is 2.19. The molecule has 3 nitrogen and oxygen atoms in total. The van der Waals surface area contributed by atoms with Gasteiger partial charge in [0.25, 0.3) is 0 Å². The normalized spacial score (nSPS) is 10.4. The summed E-state index contributed by atoms with van der Waals surface area (Å²) in [6, 6.07) is 0. The molecule has 0 radical (unpaired) electrons. The molecule has 4 heteroatoms. The van der Waals surface area contributed by atoms with E-state index in [2.05, 4.69) is 0 Å². The molecule has 0 aliphatic carbocycles. The molecule has 1 amide bonds. The summed E-state index contributed by atoms with van der Waals surface area (Å²) in [6.07, 6.45) is -0.0249. The Morgan fingerprint density at radius 1 is 1.33 bits per heavy atom. The third kappa shape index (κ3) is 2.31. The van der Waals surface area contributed by atoms with Gasteiger partial charge < -0.3 is 5.11 Å². The molecule has 1 aromatic heterocycles. The van der Waals surface area contributed by atoms with E-state index in [-0.39, 0.29) is 0 Å². The standard InChI is InChI=1S/C11H17NO2S/c1-5-6-12(11(13)14)10-8(3)7(2)9(4)15-10/h5-6H2,1-4H3,(H,13,14). The van der Waals surface area contributed by atoms with Gasteiger partial charge in [-0.3, -0.25) is 4.90 Å². The summed E-state index contributed by atoms with van der Waals surface area (Å²) in [5, 5.41) is 9.99. The molecule has 84 valence electrons. The van der Waals surface area contributed by atoms with Gasteiger partial charge in [-0.15, -0.1) is 11.3 Å². The van der Waals surface area contributed by atoms with Crippen molar-refractivity contribution < 1.29 is 9.90 Å². The van der Waals surface area contributed by atoms with Gasteiger partial charge in [0.15, 0.2) is 0 Å². The fourth-order valence-corrected chi connectivity index (χ4v) is 2.67. The van der Waals surface area contributed by atoms with E-state index in [9.17, 15) is 4.79 Å². The Labute approximate surface area is 94.3 Å². The zero-order valence-electron chi connectivity index (χ0n) is 9.63. The molecule has 0 atom stereocenters. The van der Waals surface area contributed by atoms with Crippen LogP contribution >= 0.6 is 11.3 Å². The first kappa shape index (κ1) is 12.0. The van der Waals surface area contributed by atoms with Crippen LogP contribution in [0.4, 0.5) is 9.80 Å². The number of hydrogen-bond acceptors (Lipinski definition) is 2. The van der Waals surface area contributed by atoms with Crippen molar-refractivity contribution in [2.45, 2.75) is 34.1 Å². The molecule has 1 heterocycles. The Morgan fingerprint density at radius 3 is 2.27 bits per heavy atom. The number of hydrogen-bond donors (Lipinski definition) is 1. The third-order valence-electron chi connectivity index (χ3n) is 2.58. The summed E-state index contributed by atoms with van der Waals surface area (Å²) in [5.41, 5.74) is 2.30. The second kappa shape index (κ2) is 4.66. The highest BCUT2D eigenvalue weighted by molar-refractivity contribution is 7.16. The van der Waals surface area contributed by atoms with E-state index in [1.54, 1.807) is 11.3 Å². The van der Waals surface area contributed by atoms with Gasteiger partial charge in [-0.25, -0.2) is 4.79 Å². The Morgan fingerprint density at radius 2 is 1.93 bits per heavy atom. The number of carbonyl (C=O) groups is 1. The smallest absolute Gasteiger partial charge is 0.412 e. The van der Waals surface area contributed by atoms with Crippen LogP contribution in [0.25, 0.3) is 0 Å². The van der Waals surface area contributed by atoms with Gasteiger partial charge in [-0.1, -0.05) is 6.92 Å². The van der Waals surface area contributed by atoms with E-state index in [4.69, 9.17) is 5.11 Å². The zero-order chi connectivity index (χ0) is 11.6. The molecular weight excluding hydrogens is 210 g/mol. The van der Waals surface area contributed by atoms with Crippen molar-refractivity contribution >= 4 is 22.4 Å². The van der Waals surface area contributed by atoms with Gasteiger partial charge in [-0.05, 0) is 38.3 Å². The minimum atomic E-state index is -0.860. The van der Waals surface area contributed by atoms with Gasteiger partial charge in [-0.2, -0.15) is 0 Å². The first-order chi connectivity index (χ1) is 6.99. The van der Waals surface area contributed by atoms with Gasteiger partial charge in [0.05, 0.1) is 0 Å². The first-order valence-electron chi connectivity index (χ1n) is 5.06. The predicted molar refractivity (Wildman–Crippen MR) is 64.2 cm³/mol. The summed E-state index contributed by atoms with van der Waals surface area (Å²) >= 11 is 1.56. The van der Waals surface area contributed by atoms with Crippen LogP contribution in [-0.4, -0.2) is 17.7 Å². The molecule has 0 saturated heterocycles. The minimum absolute atomic E-state index is 0.565. The van der Waals surface area contributed by atoms with E-state index >= 15 is 0 Å². The number of aryl methyl sites for hydroxylation is 1. The van der Waals surface area contributed by atoms with Crippen LogP contribution in [0, 0.1) is 20.8 Å². The number of anilines is 1. The van der Waals surface area contributed by atoms with Crippen LogP contribution in [0.1, 0.15) is 29.3 Å². The minimum Gasteiger partial charge on any atom is -0.465 e. The van der Waals surface area contributed by atoms with Crippen molar-refractivity contribution in [3.05, 3.63) is 16.0 Å². The largest absolute Gasteiger partial charge is 0.465 e. The summed E-state index contributed by atoms with van der Waals surface area (Å²) < 4.78 is 0. The maximum atomic E-state index is 11.1. The SMILES string of the molecule is CCCN(C(=O)O)c1sc(C)c(C)c1C. The third-order valence-corrected chi connectivity index (χ3v) is 3.92. The van der Waals surface area contributed by atoms with Crippen LogP contribution < -0.4 is 4.90 Å². The summed E-state index contributed by atoms with van der Waals surface area (Å²) in [7, 11) is 0. The van der Waals surface area contributed by atoms with Gasteiger partial charge in [0, 0.05) is 11.4 Å². The summed E-state index contributed by atoms with van der Waals surface area (Å²) in [6.45, 7) is 8.60. The van der Waals surface area contributed by atoms with Crippen molar-refractivity contribution in [3.63, 3.8) is 0 Å². The van der Waals surface area contributed by atoms with E-state index in [1.165, 1.54) is 15.3 Å². The van der Waals surface area contributed by atoms with E-state index in [0.29, 0.717) is 6.54 Å². The van der Waals surface area contributed by atoms with Crippen LogP contribution in [0.2, 0.25) is 0 Å². The molecule has 1 N–H and O–H groups in total. The Hall–Kier alpha value is -1.03. The second-order valence-corrected chi connectivity index (χ2v) is 4.85. The van der Waals surface area contributed by atoms with E-state index < -0.39 is 6.09 Å². The van der Waals surface area contributed by atoms with Crippen LogP contribution in [0.3, 0.4) is 0 Å². The maximum absolute atomic E-state index is 11.1. The van der Waals surface area contributed by atoms with Gasteiger partial charge in [0.1, 0.15) is 5.00 Å². The van der Waals surface area contributed by atoms with Gasteiger partial charge >= 0.3 is 6.09 Å². The number of thiophene rings is 1. The first-order valence-corrected chi connectivity index (χ1v) is 5.87. The van der Waals surface area contributed by atoms with E-state index in [0.717, 1.165) is 17.0 Å². The molecule has 0 aromatic carbocycles. The number of carboxylic acid groups (broad SMARTS) is 1. The van der Waals surface area contributed by atoms with Crippen LogP contribution in [0.5, 0.6) is 0 Å². The second-order valence-electron chi connectivity index (χ2n) is 3.65. The number of nitrogens with zero attached hydrogens (tertiary/aromatic N) is 1. The molecule has 1 rings (SSSR count). The fraction of sp³-hybridized carbons (Fsp3) is 0.545. The highest BCUT2D eigenvalue weighted by atomic mass is 32.1. The lowest BCUT2D eigenvalue weighted by Crippen LogP contribution is -2.29. The van der Waals surface area contributed by atoms with Crippen molar-refractivity contribution in [1.29, 1.82) is 0 Å². The average Bonchev–Trinajstić information content (AvgIpc) is 2.42. The highest BCUT2D eigenvalue weighted by Crippen LogP contribution is 2.34. The lowest BCUT2D eigenvalue weighted by molar-refractivity contribution is 0.202. The Balaban J connectivity index is 3.11. The van der Waals surface area contributed by atoms with Crippen molar-refractivity contribution in [2.75, 3.05) is 11.4 Å². The Bertz CT molecular complexity index is 371. The molecule has 0 unspecified atom stereocenters. The molecule has 0 aliphatic rings. The number of amides is 1. The van der Waals surface area contributed by atoms with Crippen LogP contribution in [-0.2, 0) is 0 Å². The molecule has 15 heavy (non-hydrogen) atoms. The molecule has 0 saturated carbocycles. The fourth-order valence-electron chi connectivity index (χ4n) is 1.49. The quantitative estimate of drug-likeness (QED) is 0.857. The summed E-state index contributed by atoms with van der Waals surface area (Å²) in [4.78, 5) is 13.7. The molecule has 0 aliphatic heterocycles. The zero-order valence-corrected chi connectivity index (χ0v) is 10.4. The van der Waals surface area contributed by atoms with Crippen molar-refractivity contribution in [3.8, 4) is 0 Å². The summed E-state index contributed by atoms with van der Waals surface area (Å²) in [5.74, 6) is 0. The lowest BCUT2D eigenvalue weighted by Gasteiger charge is -2.17. The molecule has 0 bridgehead atoms. The lowest BCUT2D eigenvalue weighted by atomic mass is 10.2. The average molecular weight is 227 g/mol. The van der Waals surface area contributed by atoms with Gasteiger partial charge in [0.2, 0.25) is 0 Å². The van der Waals surface area contributed by atoms with Crippen LogP contribution in [0.15, 0.2) is 0 Å². The van der Waals surface area contributed by atoms with E-state index in [1.807, 2.05) is 27.7 Å². The monoisotopic (exact) mass is 227 g/mol.